The summed E-state index contributed by atoms with van der Waals surface area (Å²) in [4.78, 5) is 0. The largest absolute Gasteiger partial charge is 2.00 e. The molecule has 0 amide bonds. The summed E-state index contributed by atoms with van der Waals surface area (Å²) in [6.45, 7) is 17.0. The van der Waals surface area contributed by atoms with Crippen LogP contribution in [0.25, 0.3) is 10.6 Å². The quantitative estimate of drug-likeness (QED) is 0.371. The zero-order chi connectivity index (χ0) is 11.1. The van der Waals surface area contributed by atoms with E-state index >= 15 is 0 Å². The van der Waals surface area contributed by atoms with Crippen molar-refractivity contribution in [3.63, 3.8) is 0 Å². The molecule has 0 aliphatic carbocycles. The molecule has 3 heteroatoms. The van der Waals surface area contributed by atoms with Crippen LogP contribution in [-0.2, 0) is 0 Å². The van der Waals surface area contributed by atoms with Gasteiger partial charge in [-0.15, -0.1) is 76.8 Å². The van der Waals surface area contributed by atoms with Crippen LogP contribution in [0.3, 0.4) is 0 Å². The van der Waals surface area contributed by atoms with Crippen molar-refractivity contribution in [1.82, 2.24) is 0 Å². The summed E-state index contributed by atoms with van der Waals surface area (Å²) in [5.74, 6) is 0. The minimum atomic E-state index is 0. The van der Waals surface area contributed by atoms with Crippen molar-refractivity contribution in [2.75, 3.05) is 26.2 Å². The molecule has 0 N–H and O–H groups in total. The van der Waals surface area contributed by atoms with E-state index in [9.17, 15) is 0 Å². The molecule has 0 aromatic carbocycles. The van der Waals surface area contributed by atoms with Gasteiger partial charge in [0.2, 0.25) is 0 Å². The average molecular weight is 280 g/mol. The van der Waals surface area contributed by atoms with Crippen LogP contribution in [0.4, 0.5) is 0 Å². The second kappa shape index (κ2) is 23.9. The predicted octanol–water partition coefficient (Wildman–Crippen LogP) is 3.08. The second-order valence-corrected chi connectivity index (χ2v) is 2.33. The topological polar surface area (TPSA) is 28.2 Å². The first-order chi connectivity index (χ1) is 6.83. The van der Waals surface area contributed by atoms with Crippen molar-refractivity contribution >= 4 is 45.5 Å². The third-order valence-electron chi connectivity index (χ3n) is 1.03. The summed E-state index contributed by atoms with van der Waals surface area (Å²) in [6.07, 6.45) is 7.07. The molecule has 0 aromatic rings. The first-order valence-electron chi connectivity index (χ1n) is 4.53. The van der Waals surface area contributed by atoms with Gasteiger partial charge in [0.05, 0.1) is 0 Å². The van der Waals surface area contributed by atoms with E-state index in [0.717, 1.165) is 26.2 Å². The zero-order valence-electron chi connectivity index (χ0n) is 9.57. The van der Waals surface area contributed by atoms with Crippen LogP contribution in [0.15, 0.2) is 50.6 Å². The van der Waals surface area contributed by atoms with Crippen LogP contribution in [0, 0.1) is 0 Å². The first kappa shape index (κ1) is 20.7. The Morgan fingerprint density at radius 2 is 0.800 bits per heavy atom. The molecule has 80 valence electrons. The molecule has 0 aromatic heterocycles. The van der Waals surface area contributed by atoms with Gasteiger partial charge >= 0.3 is 45.5 Å². The van der Waals surface area contributed by atoms with Gasteiger partial charge in [-0.1, -0.05) is 0 Å². The molecule has 0 aliphatic rings. The molecule has 2 nitrogen and oxygen atoms in total. The Bertz CT molecular complexity index is 122. The van der Waals surface area contributed by atoms with Crippen LogP contribution in [0.1, 0.15) is 0 Å². The van der Waals surface area contributed by atoms with Crippen LogP contribution < -0.4 is 0 Å². The van der Waals surface area contributed by atoms with Crippen molar-refractivity contribution < 1.29 is 0 Å². The summed E-state index contributed by atoms with van der Waals surface area (Å²) in [5, 5.41) is 7.94. The summed E-state index contributed by atoms with van der Waals surface area (Å²) in [6, 6.07) is 0. The molecule has 15 heavy (non-hydrogen) atoms. The molecule has 0 spiro atoms. The predicted molar refractivity (Wildman–Crippen MR) is 72.7 cm³/mol. The molecule has 0 fully saturated rings. The van der Waals surface area contributed by atoms with E-state index in [1.54, 1.807) is 24.3 Å². The maximum atomic E-state index is 3.97. The van der Waals surface area contributed by atoms with Gasteiger partial charge in [0.15, 0.2) is 0 Å². The van der Waals surface area contributed by atoms with E-state index in [0.29, 0.717) is 0 Å². The number of nitrogens with zero attached hydrogens (tertiary/aromatic N) is 2. The third kappa shape index (κ3) is 31.4. The van der Waals surface area contributed by atoms with Crippen LogP contribution in [-0.4, -0.2) is 71.7 Å². The van der Waals surface area contributed by atoms with Crippen molar-refractivity contribution in [1.29, 1.82) is 0 Å². The summed E-state index contributed by atoms with van der Waals surface area (Å²) < 4.78 is 0. The van der Waals surface area contributed by atoms with Gasteiger partial charge in [0.1, 0.15) is 0 Å². The van der Waals surface area contributed by atoms with E-state index in [1.807, 2.05) is 0 Å². The van der Waals surface area contributed by atoms with Gasteiger partial charge in [-0.2, -0.15) is 0 Å². The fourth-order valence-electron chi connectivity index (χ4n) is 0.514. The van der Waals surface area contributed by atoms with Crippen molar-refractivity contribution in [3.8, 4) is 0 Å². The Balaban J connectivity index is -0.000000180. The standard InChI is InChI=1S/2C6H10N.Sr/c2*1-3-5-7-6-4-2;/h2*3-4H,1-2,5-6H2;/q2*-1;+2. The molecule has 0 heterocycles. The van der Waals surface area contributed by atoms with Crippen molar-refractivity contribution in [2.24, 2.45) is 0 Å². The van der Waals surface area contributed by atoms with Gasteiger partial charge < -0.3 is 10.6 Å². The first-order valence-corrected chi connectivity index (χ1v) is 4.53. The minimum Gasteiger partial charge on any atom is -0.656 e. The van der Waals surface area contributed by atoms with E-state index in [-0.39, 0.29) is 45.5 Å². The smallest absolute Gasteiger partial charge is 0.656 e. The van der Waals surface area contributed by atoms with Crippen LogP contribution in [0.5, 0.6) is 0 Å². The third-order valence-corrected chi connectivity index (χ3v) is 1.03. The summed E-state index contributed by atoms with van der Waals surface area (Å²) in [5.41, 5.74) is 0. The maximum Gasteiger partial charge on any atom is 2.00 e. The van der Waals surface area contributed by atoms with Gasteiger partial charge in [0, 0.05) is 0 Å². The van der Waals surface area contributed by atoms with E-state index in [1.165, 1.54) is 0 Å². The van der Waals surface area contributed by atoms with E-state index < -0.39 is 0 Å². The van der Waals surface area contributed by atoms with Crippen LogP contribution in [0.2, 0.25) is 0 Å². The molecule has 0 bridgehead atoms. The molecule has 0 rings (SSSR count). The van der Waals surface area contributed by atoms with Crippen LogP contribution >= 0.6 is 0 Å². The van der Waals surface area contributed by atoms with E-state index in [4.69, 9.17) is 0 Å². The zero-order valence-corrected chi connectivity index (χ0v) is 13.0. The molecular formula is C12H20N2Sr. The Hall–Kier alpha value is 0.361. The van der Waals surface area contributed by atoms with Crippen molar-refractivity contribution in [2.45, 2.75) is 0 Å². The molecule has 0 atom stereocenters. The summed E-state index contributed by atoms with van der Waals surface area (Å²) >= 11 is 0. The van der Waals surface area contributed by atoms with Gasteiger partial charge in [-0.05, 0) is 0 Å². The monoisotopic (exact) mass is 280 g/mol. The maximum absolute atomic E-state index is 3.97. The average Bonchev–Trinajstić information content (AvgIpc) is 2.21. The number of hydrogen-bond acceptors (Lipinski definition) is 0. The van der Waals surface area contributed by atoms with Crippen molar-refractivity contribution in [3.05, 3.63) is 61.3 Å². The molecule has 0 saturated heterocycles. The molecule has 0 aliphatic heterocycles. The normalized spacial score (nSPS) is 7.47. The SMILES string of the molecule is C=CC[N-]CC=C.C=CC[N-]CC=C.[Sr+2]. The fraction of sp³-hybridized carbons (Fsp3) is 0.333. The Kier molecular flexibility index (Phi) is 33.0. The molecular weight excluding hydrogens is 260 g/mol. The Labute approximate surface area is 131 Å². The van der Waals surface area contributed by atoms with E-state index in [2.05, 4.69) is 36.9 Å². The number of rotatable bonds is 8. The fourth-order valence-corrected chi connectivity index (χ4v) is 0.514. The Morgan fingerprint density at radius 1 is 0.600 bits per heavy atom. The molecule has 0 saturated carbocycles. The Morgan fingerprint density at radius 3 is 0.933 bits per heavy atom. The summed E-state index contributed by atoms with van der Waals surface area (Å²) in [7, 11) is 0. The second-order valence-electron chi connectivity index (χ2n) is 2.33. The van der Waals surface area contributed by atoms with Gasteiger partial charge in [0.25, 0.3) is 0 Å². The minimum absolute atomic E-state index is 0. The molecule has 0 radical (unpaired) electrons. The van der Waals surface area contributed by atoms with Gasteiger partial charge in [-0.3, -0.25) is 0 Å². The number of hydrogen-bond donors (Lipinski definition) is 0. The van der Waals surface area contributed by atoms with Gasteiger partial charge in [-0.25, -0.2) is 0 Å². The molecule has 0 unspecified atom stereocenters.